The molecule has 0 amide bonds. The van der Waals surface area contributed by atoms with Crippen LogP contribution in [0.5, 0.6) is 5.75 Å². The van der Waals surface area contributed by atoms with Gasteiger partial charge in [0.15, 0.2) is 11.9 Å². The molecule has 1 aliphatic heterocycles. The predicted octanol–water partition coefficient (Wildman–Crippen LogP) is 5.04. The average molecular weight is 487 g/mol. The molecule has 36 heavy (non-hydrogen) atoms. The van der Waals surface area contributed by atoms with Crippen LogP contribution in [-0.4, -0.2) is 44.4 Å². The maximum atomic E-state index is 5.80. The SMILES string of the molecule is C#CC(C(=NC(=C)c1nc2n(n1)CCCC2c1cc(C(C)C)c(OC)cc1C)OC)n1cnc(C)c1. The smallest absolute Gasteiger partial charge is 0.225 e. The second-order valence-corrected chi connectivity index (χ2v) is 9.45. The molecule has 3 heterocycles. The van der Waals surface area contributed by atoms with Crippen LogP contribution in [0.25, 0.3) is 5.70 Å². The van der Waals surface area contributed by atoms with Crippen LogP contribution in [0.2, 0.25) is 0 Å². The fourth-order valence-corrected chi connectivity index (χ4v) is 4.75. The molecule has 0 N–H and O–H groups in total. The zero-order valence-electron chi connectivity index (χ0n) is 21.9. The van der Waals surface area contributed by atoms with Crippen LogP contribution in [0, 0.1) is 26.2 Å². The number of aliphatic imine (C=N–C) groups is 1. The van der Waals surface area contributed by atoms with Crippen LogP contribution in [0.15, 0.2) is 36.2 Å². The van der Waals surface area contributed by atoms with Gasteiger partial charge in [0.05, 0.1) is 26.2 Å². The summed E-state index contributed by atoms with van der Waals surface area (Å²) in [6.45, 7) is 13.3. The normalized spacial score (nSPS) is 16.4. The molecule has 0 saturated carbocycles. The Kier molecular flexibility index (Phi) is 7.30. The minimum Gasteiger partial charge on any atom is -0.496 e. The zero-order valence-corrected chi connectivity index (χ0v) is 21.9. The number of ether oxygens (including phenoxy) is 2. The average Bonchev–Trinajstić information content (AvgIpc) is 3.49. The summed E-state index contributed by atoms with van der Waals surface area (Å²) in [5.41, 5.74) is 4.90. The van der Waals surface area contributed by atoms with Crippen molar-refractivity contribution < 1.29 is 9.47 Å². The number of aryl methyl sites for hydroxylation is 3. The van der Waals surface area contributed by atoms with Gasteiger partial charge < -0.3 is 14.0 Å². The number of terminal acetylenes is 1. The quantitative estimate of drug-likeness (QED) is 0.266. The lowest BCUT2D eigenvalue weighted by molar-refractivity contribution is 0.378. The van der Waals surface area contributed by atoms with Crippen LogP contribution in [-0.2, 0) is 11.3 Å². The van der Waals surface area contributed by atoms with Crippen molar-refractivity contribution in [1.82, 2.24) is 24.3 Å². The summed E-state index contributed by atoms with van der Waals surface area (Å²) in [7, 11) is 3.27. The minimum atomic E-state index is -0.547. The molecule has 1 aliphatic rings. The van der Waals surface area contributed by atoms with E-state index in [-0.39, 0.29) is 5.92 Å². The van der Waals surface area contributed by atoms with E-state index in [0.717, 1.165) is 36.7 Å². The minimum absolute atomic E-state index is 0.134. The largest absolute Gasteiger partial charge is 0.496 e. The van der Waals surface area contributed by atoms with Crippen LogP contribution < -0.4 is 4.74 Å². The Bertz CT molecular complexity index is 1340. The number of fused-ring (bicyclic) bond motifs is 1. The molecule has 2 aromatic heterocycles. The van der Waals surface area contributed by atoms with Gasteiger partial charge in [-0.2, -0.15) is 0 Å². The van der Waals surface area contributed by atoms with E-state index < -0.39 is 6.04 Å². The first-order valence-corrected chi connectivity index (χ1v) is 12.2. The van der Waals surface area contributed by atoms with Crippen LogP contribution in [0.3, 0.4) is 0 Å². The summed E-state index contributed by atoms with van der Waals surface area (Å²) >= 11 is 0. The summed E-state index contributed by atoms with van der Waals surface area (Å²) in [5.74, 6) is 5.85. The molecule has 2 atom stereocenters. The highest BCUT2D eigenvalue weighted by Crippen LogP contribution is 2.39. The van der Waals surface area contributed by atoms with Crippen molar-refractivity contribution in [3.05, 3.63) is 65.3 Å². The first kappa shape index (κ1) is 25.2. The first-order valence-electron chi connectivity index (χ1n) is 12.2. The summed E-state index contributed by atoms with van der Waals surface area (Å²) in [6, 6.07) is 3.86. The van der Waals surface area contributed by atoms with Gasteiger partial charge in [-0.1, -0.05) is 32.4 Å². The van der Waals surface area contributed by atoms with E-state index in [0.29, 0.717) is 23.3 Å². The fourth-order valence-electron chi connectivity index (χ4n) is 4.75. The van der Waals surface area contributed by atoms with Gasteiger partial charge in [0, 0.05) is 18.7 Å². The van der Waals surface area contributed by atoms with Gasteiger partial charge in [0.25, 0.3) is 0 Å². The number of hydrogen-bond acceptors (Lipinski definition) is 6. The van der Waals surface area contributed by atoms with Crippen molar-refractivity contribution in [3.63, 3.8) is 0 Å². The van der Waals surface area contributed by atoms with E-state index in [1.807, 2.05) is 17.8 Å². The highest BCUT2D eigenvalue weighted by atomic mass is 16.5. The molecule has 0 spiro atoms. The predicted molar refractivity (Wildman–Crippen MR) is 141 cm³/mol. The number of aromatic nitrogens is 5. The van der Waals surface area contributed by atoms with E-state index in [9.17, 15) is 0 Å². The summed E-state index contributed by atoms with van der Waals surface area (Å²) in [6.07, 6.45) is 11.3. The van der Waals surface area contributed by atoms with Crippen molar-refractivity contribution in [1.29, 1.82) is 0 Å². The number of hydrogen-bond donors (Lipinski definition) is 0. The second kappa shape index (κ2) is 10.4. The second-order valence-electron chi connectivity index (χ2n) is 9.45. The van der Waals surface area contributed by atoms with Crippen molar-refractivity contribution >= 4 is 11.6 Å². The molecule has 0 aliphatic carbocycles. The van der Waals surface area contributed by atoms with E-state index in [4.69, 9.17) is 26.0 Å². The van der Waals surface area contributed by atoms with Crippen molar-refractivity contribution in [2.75, 3.05) is 14.2 Å². The molecule has 188 valence electrons. The van der Waals surface area contributed by atoms with E-state index in [2.05, 4.69) is 55.4 Å². The maximum absolute atomic E-state index is 5.80. The lowest BCUT2D eigenvalue weighted by atomic mass is 9.85. The summed E-state index contributed by atoms with van der Waals surface area (Å²) in [5, 5.41) is 4.74. The van der Waals surface area contributed by atoms with Gasteiger partial charge in [-0.05, 0) is 55.4 Å². The highest BCUT2D eigenvalue weighted by Gasteiger charge is 2.29. The molecule has 2 unspecified atom stereocenters. The number of imidazole rings is 1. The molecule has 1 aromatic carbocycles. The van der Waals surface area contributed by atoms with Crippen LogP contribution >= 0.6 is 0 Å². The maximum Gasteiger partial charge on any atom is 0.225 e. The number of nitrogens with zero attached hydrogens (tertiary/aromatic N) is 6. The van der Waals surface area contributed by atoms with Crippen LogP contribution in [0.1, 0.15) is 78.6 Å². The molecule has 0 saturated heterocycles. The lowest BCUT2D eigenvalue weighted by Gasteiger charge is -2.25. The van der Waals surface area contributed by atoms with E-state index in [1.54, 1.807) is 25.1 Å². The Labute approximate surface area is 213 Å². The van der Waals surface area contributed by atoms with Gasteiger partial charge in [-0.3, -0.25) is 0 Å². The van der Waals surface area contributed by atoms with Gasteiger partial charge in [-0.15, -0.1) is 11.5 Å². The summed E-state index contributed by atoms with van der Waals surface area (Å²) < 4.78 is 15.0. The van der Waals surface area contributed by atoms with Crippen molar-refractivity contribution in [2.45, 2.75) is 65.0 Å². The highest BCUT2D eigenvalue weighted by molar-refractivity contribution is 5.87. The van der Waals surface area contributed by atoms with Gasteiger partial charge in [-0.25, -0.2) is 19.6 Å². The molecular formula is C28H34N6O2. The van der Waals surface area contributed by atoms with E-state index in [1.165, 1.54) is 16.7 Å². The molecule has 0 bridgehead atoms. The number of benzene rings is 1. The number of rotatable bonds is 7. The Balaban J connectivity index is 1.69. The fraction of sp³-hybridized carbons (Fsp3) is 0.429. The Morgan fingerprint density at radius 1 is 1.28 bits per heavy atom. The molecule has 0 fully saturated rings. The van der Waals surface area contributed by atoms with Gasteiger partial charge in [0.2, 0.25) is 5.90 Å². The van der Waals surface area contributed by atoms with E-state index >= 15 is 0 Å². The zero-order chi connectivity index (χ0) is 26.0. The Morgan fingerprint density at radius 2 is 2.06 bits per heavy atom. The van der Waals surface area contributed by atoms with Crippen molar-refractivity contribution in [3.8, 4) is 18.1 Å². The first-order chi connectivity index (χ1) is 17.3. The standard InChI is InChI=1S/C28H34N6O2/c1-9-24(33-15-19(5)29-16-33)28(36-8)30-20(6)26-31-27-21(11-10-12-34(27)32-26)23-14-22(17(2)3)25(35-7)13-18(23)4/h1,13-17,21,24H,6,10-12H2,2-5,7-8H3. The third-order valence-corrected chi connectivity index (χ3v) is 6.62. The Morgan fingerprint density at radius 3 is 2.67 bits per heavy atom. The monoisotopic (exact) mass is 486 g/mol. The molecule has 0 radical (unpaired) electrons. The topological polar surface area (TPSA) is 79.4 Å². The Hall–Kier alpha value is -3.86. The van der Waals surface area contributed by atoms with Crippen molar-refractivity contribution in [2.24, 2.45) is 4.99 Å². The van der Waals surface area contributed by atoms with Gasteiger partial charge in [0.1, 0.15) is 17.3 Å². The molecule has 8 nitrogen and oxygen atoms in total. The van der Waals surface area contributed by atoms with Gasteiger partial charge >= 0.3 is 0 Å². The van der Waals surface area contributed by atoms with Crippen LogP contribution in [0.4, 0.5) is 0 Å². The molecule has 3 aromatic rings. The third-order valence-electron chi connectivity index (χ3n) is 6.62. The molecule has 4 rings (SSSR count). The molecule has 8 heteroatoms. The lowest BCUT2D eigenvalue weighted by Crippen LogP contribution is -2.19. The molecular weight excluding hydrogens is 452 g/mol. The number of methoxy groups -OCH3 is 2. The third kappa shape index (κ3) is 4.78. The summed E-state index contributed by atoms with van der Waals surface area (Å²) in [4.78, 5) is 13.8.